The van der Waals surface area contributed by atoms with E-state index in [2.05, 4.69) is 9.72 Å². The first kappa shape index (κ1) is 12.8. The summed E-state index contributed by atoms with van der Waals surface area (Å²) in [7, 11) is 1.17. The van der Waals surface area contributed by atoms with Crippen LogP contribution in [0.4, 0.5) is 13.2 Å². The summed E-state index contributed by atoms with van der Waals surface area (Å²) in [6.07, 6.45) is -4.47. The van der Waals surface area contributed by atoms with Gasteiger partial charge in [0.05, 0.1) is 28.5 Å². The molecule has 0 aliphatic heterocycles. The number of aryl methyl sites for hydroxylation is 1. The molecular weight excluding hydrogens is 267 g/mol. The number of nitrogens with zero attached hydrogens (tertiary/aromatic N) is 1. The SMILES string of the molecule is COC(=O)c1csc2c(C(F)(F)F)cc(C)nc12. The summed E-state index contributed by atoms with van der Waals surface area (Å²) in [5, 5.41) is 1.33. The number of fused-ring (bicyclic) bond motifs is 1. The molecular formula is C11H8F3NO2S. The zero-order valence-electron chi connectivity index (χ0n) is 9.46. The first-order valence-electron chi connectivity index (χ1n) is 4.89. The number of carbonyl (C=O) groups is 1. The monoisotopic (exact) mass is 275 g/mol. The first-order valence-corrected chi connectivity index (χ1v) is 5.77. The maximum absolute atomic E-state index is 12.9. The lowest BCUT2D eigenvalue weighted by Crippen LogP contribution is -2.07. The molecule has 2 aromatic rings. The summed E-state index contributed by atoms with van der Waals surface area (Å²) in [4.78, 5) is 15.4. The van der Waals surface area contributed by atoms with E-state index in [4.69, 9.17) is 0 Å². The van der Waals surface area contributed by atoms with Crippen molar-refractivity contribution in [2.24, 2.45) is 0 Å². The molecule has 7 heteroatoms. The standard InChI is InChI=1S/C11H8F3NO2S/c1-5-3-7(11(12,13)14)9-8(15-5)6(4-18-9)10(16)17-2/h3-4H,1-2H3. The number of esters is 1. The van der Waals surface area contributed by atoms with Crippen molar-refractivity contribution in [3.05, 3.63) is 28.3 Å². The molecule has 0 radical (unpaired) electrons. The molecule has 0 aromatic carbocycles. The average Bonchev–Trinajstić information content (AvgIpc) is 2.69. The van der Waals surface area contributed by atoms with Crippen LogP contribution in [0.5, 0.6) is 0 Å². The van der Waals surface area contributed by atoms with Gasteiger partial charge in [-0.3, -0.25) is 4.98 Å². The second-order valence-corrected chi connectivity index (χ2v) is 4.51. The number of hydrogen-bond acceptors (Lipinski definition) is 4. The van der Waals surface area contributed by atoms with Crippen molar-refractivity contribution in [2.45, 2.75) is 13.1 Å². The van der Waals surface area contributed by atoms with Crippen LogP contribution in [0.3, 0.4) is 0 Å². The Hall–Kier alpha value is -1.63. The van der Waals surface area contributed by atoms with Gasteiger partial charge in [0.15, 0.2) is 0 Å². The van der Waals surface area contributed by atoms with E-state index in [1.807, 2.05) is 0 Å². The number of pyridine rings is 1. The number of alkyl halides is 3. The minimum absolute atomic E-state index is 0.0409. The fourth-order valence-electron chi connectivity index (χ4n) is 1.60. The van der Waals surface area contributed by atoms with Crippen LogP contribution in [0.15, 0.2) is 11.4 Å². The topological polar surface area (TPSA) is 39.2 Å². The largest absolute Gasteiger partial charge is 0.465 e. The first-order chi connectivity index (χ1) is 8.34. The summed E-state index contributed by atoms with van der Waals surface area (Å²) in [5.41, 5.74) is -0.464. The van der Waals surface area contributed by atoms with Crippen LogP contribution in [-0.4, -0.2) is 18.1 Å². The molecule has 0 atom stereocenters. The third-order valence-corrected chi connectivity index (χ3v) is 3.36. The normalized spacial score (nSPS) is 11.8. The smallest absolute Gasteiger partial charge is 0.417 e. The van der Waals surface area contributed by atoms with Crippen LogP contribution in [0.25, 0.3) is 10.2 Å². The predicted octanol–water partition coefficient (Wildman–Crippen LogP) is 3.41. The highest BCUT2D eigenvalue weighted by Gasteiger charge is 2.34. The van der Waals surface area contributed by atoms with E-state index < -0.39 is 17.7 Å². The van der Waals surface area contributed by atoms with E-state index in [9.17, 15) is 18.0 Å². The quantitative estimate of drug-likeness (QED) is 0.749. The number of ether oxygens (including phenoxy) is 1. The highest BCUT2D eigenvalue weighted by molar-refractivity contribution is 7.17. The molecule has 0 saturated carbocycles. The highest BCUT2D eigenvalue weighted by atomic mass is 32.1. The molecule has 2 heterocycles. The van der Waals surface area contributed by atoms with Gasteiger partial charge in [0.1, 0.15) is 0 Å². The highest BCUT2D eigenvalue weighted by Crippen LogP contribution is 2.38. The van der Waals surface area contributed by atoms with Crippen molar-refractivity contribution in [1.29, 1.82) is 0 Å². The van der Waals surface area contributed by atoms with Crippen LogP contribution < -0.4 is 0 Å². The molecule has 18 heavy (non-hydrogen) atoms. The summed E-state index contributed by atoms with van der Waals surface area (Å²) < 4.78 is 43.0. The third-order valence-electron chi connectivity index (χ3n) is 2.36. The number of hydrogen-bond donors (Lipinski definition) is 0. The Labute approximate surface area is 104 Å². The van der Waals surface area contributed by atoms with E-state index in [-0.39, 0.29) is 21.5 Å². The molecule has 0 spiro atoms. The molecule has 0 amide bonds. The molecule has 0 N–H and O–H groups in total. The minimum atomic E-state index is -4.47. The Bertz CT molecular complexity index is 619. The minimum Gasteiger partial charge on any atom is -0.465 e. The number of halogens is 3. The van der Waals surface area contributed by atoms with Crippen molar-refractivity contribution in [1.82, 2.24) is 4.98 Å². The lowest BCUT2D eigenvalue weighted by Gasteiger charge is -2.08. The number of rotatable bonds is 1. The Kier molecular flexibility index (Phi) is 3.02. The Morgan fingerprint density at radius 1 is 1.44 bits per heavy atom. The summed E-state index contributed by atoms with van der Waals surface area (Å²) >= 11 is 0.837. The summed E-state index contributed by atoms with van der Waals surface area (Å²) in [5.74, 6) is -0.688. The number of carbonyl (C=O) groups excluding carboxylic acids is 1. The van der Waals surface area contributed by atoms with E-state index in [0.29, 0.717) is 0 Å². The average molecular weight is 275 g/mol. The van der Waals surface area contributed by atoms with Crippen LogP contribution in [-0.2, 0) is 10.9 Å². The van der Waals surface area contributed by atoms with Crippen molar-refractivity contribution in [3.63, 3.8) is 0 Å². The van der Waals surface area contributed by atoms with Crippen LogP contribution >= 0.6 is 11.3 Å². The van der Waals surface area contributed by atoms with Crippen molar-refractivity contribution >= 4 is 27.5 Å². The second-order valence-electron chi connectivity index (χ2n) is 3.63. The molecule has 0 saturated heterocycles. The molecule has 0 unspecified atom stereocenters. The molecule has 0 bridgehead atoms. The van der Waals surface area contributed by atoms with Gasteiger partial charge in [0, 0.05) is 11.1 Å². The fourth-order valence-corrected chi connectivity index (χ4v) is 2.61. The lowest BCUT2D eigenvalue weighted by molar-refractivity contribution is -0.136. The predicted molar refractivity (Wildman–Crippen MR) is 60.7 cm³/mol. The van der Waals surface area contributed by atoms with E-state index in [1.165, 1.54) is 19.4 Å². The van der Waals surface area contributed by atoms with Crippen molar-refractivity contribution in [2.75, 3.05) is 7.11 Å². The Morgan fingerprint density at radius 3 is 2.67 bits per heavy atom. The third kappa shape index (κ3) is 2.05. The lowest BCUT2D eigenvalue weighted by atomic mass is 10.1. The summed E-state index contributed by atoms with van der Waals surface area (Å²) in [6.45, 7) is 1.45. The zero-order chi connectivity index (χ0) is 13.5. The molecule has 0 aliphatic rings. The fraction of sp³-hybridized carbons (Fsp3) is 0.273. The van der Waals surface area contributed by atoms with E-state index >= 15 is 0 Å². The van der Waals surface area contributed by atoms with Gasteiger partial charge in [0.25, 0.3) is 0 Å². The van der Waals surface area contributed by atoms with Crippen molar-refractivity contribution < 1.29 is 22.7 Å². The molecule has 0 fully saturated rings. The molecule has 2 rings (SSSR count). The molecule has 0 aliphatic carbocycles. The zero-order valence-corrected chi connectivity index (χ0v) is 10.3. The van der Waals surface area contributed by atoms with Crippen LogP contribution in [0.2, 0.25) is 0 Å². The Balaban J connectivity index is 2.77. The number of thiophene rings is 1. The molecule has 96 valence electrons. The van der Waals surface area contributed by atoms with Gasteiger partial charge in [0.2, 0.25) is 0 Å². The van der Waals surface area contributed by atoms with Crippen LogP contribution in [0, 0.1) is 6.92 Å². The van der Waals surface area contributed by atoms with Gasteiger partial charge in [-0.1, -0.05) is 0 Å². The van der Waals surface area contributed by atoms with Gasteiger partial charge < -0.3 is 4.74 Å². The van der Waals surface area contributed by atoms with Crippen LogP contribution in [0.1, 0.15) is 21.6 Å². The van der Waals surface area contributed by atoms with Gasteiger partial charge >= 0.3 is 12.1 Å². The molecule has 2 aromatic heterocycles. The number of aromatic nitrogens is 1. The molecule has 3 nitrogen and oxygen atoms in total. The van der Waals surface area contributed by atoms with Gasteiger partial charge in [-0.05, 0) is 13.0 Å². The maximum Gasteiger partial charge on any atom is 0.417 e. The second kappa shape index (κ2) is 4.24. The number of methoxy groups -OCH3 is 1. The van der Waals surface area contributed by atoms with Gasteiger partial charge in [-0.25, -0.2) is 4.79 Å². The van der Waals surface area contributed by atoms with Gasteiger partial charge in [-0.2, -0.15) is 13.2 Å². The summed E-state index contributed by atoms with van der Waals surface area (Å²) in [6, 6.07) is 0.972. The maximum atomic E-state index is 12.9. The van der Waals surface area contributed by atoms with E-state index in [0.717, 1.165) is 17.4 Å². The Morgan fingerprint density at radius 2 is 2.11 bits per heavy atom. The van der Waals surface area contributed by atoms with E-state index in [1.54, 1.807) is 0 Å². The van der Waals surface area contributed by atoms with Crippen molar-refractivity contribution in [3.8, 4) is 0 Å². The van der Waals surface area contributed by atoms with Gasteiger partial charge in [-0.15, -0.1) is 11.3 Å².